The van der Waals surface area contributed by atoms with Crippen molar-refractivity contribution in [3.63, 3.8) is 0 Å². The molecule has 0 amide bonds. The Morgan fingerprint density at radius 3 is 2.92 bits per heavy atom. The maximum atomic E-state index is 11.2. The van der Waals surface area contributed by atoms with Crippen molar-refractivity contribution in [2.24, 2.45) is 0 Å². The third kappa shape index (κ3) is 4.06. The molecule has 0 aromatic rings. The molecule has 1 fully saturated rings. The van der Waals surface area contributed by atoms with Gasteiger partial charge in [0.05, 0.1) is 5.75 Å². The molecule has 78 valence electrons. The Bertz CT molecular complexity index is 231. The molecule has 4 nitrogen and oxygen atoms in total. The van der Waals surface area contributed by atoms with Gasteiger partial charge in [0, 0.05) is 12.6 Å². The fourth-order valence-electron chi connectivity index (χ4n) is 1.46. The van der Waals surface area contributed by atoms with E-state index >= 15 is 0 Å². The smallest absolute Gasteiger partial charge is 0.211 e. The highest BCUT2D eigenvalue weighted by atomic mass is 32.2. The normalized spacial score (nSPS) is 25.5. The molecule has 1 atom stereocenters. The highest BCUT2D eigenvalue weighted by Gasteiger charge is 2.16. The molecule has 2 N–H and O–H groups in total. The van der Waals surface area contributed by atoms with Gasteiger partial charge in [-0.05, 0) is 26.3 Å². The van der Waals surface area contributed by atoms with Crippen LogP contribution in [-0.2, 0) is 10.0 Å². The van der Waals surface area contributed by atoms with E-state index in [-0.39, 0.29) is 11.8 Å². The average Bonchev–Trinajstić information content (AvgIpc) is 2.32. The van der Waals surface area contributed by atoms with E-state index in [1.54, 1.807) is 6.92 Å². The lowest BCUT2D eigenvalue weighted by molar-refractivity contribution is 0.522. The van der Waals surface area contributed by atoms with Crippen molar-refractivity contribution in [1.29, 1.82) is 0 Å². The van der Waals surface area contributed by atoms with Gasteiger partial charge in [0.1, 0.15) is 0 Å². The van der Waals surface area contributed by atoms with Crippen LogP contribution in [0.1, 0.15) is 26.2 Å². The van der Waals surface area contributed by atoms with Gasteiger partial charge in [0.25, 0.3) is 0 Å². The molecule has 5 heteroatoms. The summed E-state index contributed by atoms with van der Waals surface area (Å²) in [7, 11) is -3.03. The molecule has 0 radical (unpaired) electrons. The van der Waals surface area contributed by atoms with Crippen LogP contribution in [0.3, 0.4) is 0 Å². The lowest BCUT2D eigenvalue weighted by Crippen LogP contribution is -2.41. The van der Waals surface area contributed by atoms with Gasteiger partial charge in [-0.1, -0.05) is 6.42 Å². The first-order chi connectivity index (χ1) is 6.14. The summed E-state index contributed by atoms with van der Waals surface area (Å²) in [5.41, 5.74) is 0. The number of rotatable bonds is 3. The molecule has 0 spiro atoms. The Balaban J connectivity index is 2.42. The van der Waals surface area contributed by atoms with Gasteiger partial charge in [-0.25, -0.2) is 13.1 Å². The predicted octanol–water partition coefficient (Wildman–Crippen LogP) is 0.0678. The van der Waals surface area contributed by atoms with Crippen molar-refractivity contribution >= 4 is 10.0 Å². The molecule has 0 bridgehead atoms. The van der Waals surface area contributed by atoms with Gasteiger partial charge in [0.2, 0.25) is 10.0 Å². The van der Waals surface area contributed by atoms with E-state index in [0.29, 0.717) is 0 Å². The van der Waals surface area contributed by atoms with E-state index in [2.05, 4.69) is 10.0 Å². The molecular formula is C8H18N2O2S. The van der Waals surface area contributed by atoms with Gasteiger partial charge in [0.15, 0.2) is 0 Å². The van der Waals surface area contributed by atoms with Crippen molar-refractivity contribution < 1.29 is 8.42 Å². The topological polar surface area (TPSA) is 58.2 Å². The van der Waals surface area contributed by atoms with Gasteiger partial charge in [-0.15, -0.1) is 0 Å². The lowest BCUT2D eigenvalue weighted by Gasteiger charge is -2.15. The molecule has 13 heavy (non-hydrogen) atoms. The monoisotopic (exact) mass is 206 g/mol. The fraction of sp³-hybridized carbons (Fsp3) is 1.00. The summed E-state index contributed by atoms with van der Waals surface area (Å²) in [5.74, 6) is 0.170. The van der Waals surface area contributed by atoms with Crippen molar-refractivity contribution in [2.75, 3.05) is 18.8 Å². The summed E-state index contributed by atoms with van der Waals surface area (Å²) in [6.45, 7) is 3.43. The standard InChI is InChI=1S/C8H18N2O2S/c1-2-13(11,12)10-8-5-3-4-6-9-7-8/h8-10H,2-7H2,1H3. The number of nitrogens with one attached hydrogen (secondary N) is 2. The lowest BCUT2D eigenvalue weighted by atomic mass is 10.2. The summed E-state index contributed by atoms with van der Waals surface area (Å²) in [6.07, 6.45) is 3.19. The minimum atomic E-state index is -3.03. The summed E-state index contributed by atoms with van der Waals surface area (Å²) in [4.78, 5) is 0. The molecule has 1 saturated heterocycles. The molecular weight excluding hydrogens is 188 g/mol. The summed E-state index contributed by atoms with van der Waals surface area (Å²) >= 11 is 0. The Hall–Kier alpha value is -0.130. The molecule has 0 aliphatic carbocycles. The van der Waals surface area contributed by atoms with Crippen LogP contribution >= 0.6 is 0 Å². The SMILES string of the molecule is CCS(=O)(=O)NC1CCCCNC1. The number of sulfonamides is 1. The van der Waals surface area contributed by atoms with Gasteiger partial charge < -0.3 is 5.32 Å². The van der Waals surface area contributed by atoms with E-state index < -0.39 is 10.0 Å². The highest BCUT2D eigenvalue weighted by Crippen LogP contribution is 2.05. The van der Waals surface area contributed by atoms with Crippen LogP contribution in [0.2, 0.25) is 0 Å². The van der Waals surface area contributed by atoms with Crippen LogP contribution in [0.5, 0.6) is 0 Å². The zero-order chi connectivity index (χ0) is 9.73. The van der Waals surface area contributed by atoms with Gasteiger partial charge in [-0.2, -0.15) is 0 Å². The maximum absolute atomic E-state index is 11.2. The quantitative estimate of drug-likeness (QED) is 0.687. The number of hydrogen-bond acceptors (Lipinski definition) is 3. The second-order valence-electron chi connectivity index (χ2n) is 3.42. The van der Waals surface area contributed by atoms with E-state index in [4.69, 9.17) is 0 Å². The second-order valence-corrected chi connectivity index (χ2v) is 5.46. The van der Waals surface area contributed by atoms with Crippen LogP contribution in [0.25, 0.3) is 0 Å². The van der Waals surface area contributed by atoms with Gasteiger partial charge in [-0.3, -0.25) is 0 Å². The van der Waals surface area contributed by atoms with E-state index in [1.807, 2.05) is 0 Å². The van der Waals surface area contributed by atoms with Crippen LogP contribution in [0.15, 0.2) is 0 Å². The van der Waals surface area contributed by atoms with Crippen LogP contribution in [-0.4, -0.2) is 33.3 Å². The van der Waals surface area contributed by atoms with Gasteiger partial charge >= 0.3 is 0 Å². The van der Waals surface area contributed by atoms with Crippen molar-refractivity contribution in [2.45, 2.75) is 32.2 Å². The minimum absolute atomic E-state index is 0.0902. The summed E-state index contributed by atoms with van der Waals surface area (Å²) < 4.78 is 25.2. The van der Waals surface area contributed by atoms with Crippen molar-refractivity contribution in [1.82, 2.24) is 10.0 Å². The van der Waals surface area contributed by atoms with Crippen molar-refractivity contribution in [3.05, 3.63) is 0 Å². The van der Waals surface area contributed by atoms with E-state index in [1.165, 1.54) is 0 Å². The third-order valence-corrected chi connectivity index (χ3v) is 3.73. The second kappa shape index (κ2) is 4.93. The average molecular weight is 206 g/mol. The Labute approximate surface area is 80.1 Å². The minimum Gasteiger partial charge on any atom is -0.315 e. The van der Waals surface area contributed by atoms with E-state index in [0.717, 1.165) is 32.4 Å². The molecule has 0 aromatic carbocycles. The van der Waals surface area contributed by atoms with Crippen LogP contribution < -0.4 is 10.0 Å². The fourth-order valence-corrected chi connectivity index (χ4v) is 2.33. The Morgan fingerprint density at radius 1 is 1.46 bits per heavy atom. The van der Waals surface area contributed by atoms with Crippen molar-refractivity contribution in [3.8, 4) is 0 Å². The van der Waals surface area contributed by atoms with Crippen LogP contribution in [0, 0.1) is 0 Å². The first kappa shape index (κ1) is 10.9. The summed E-state index contributed by atoms with van der Waals surface area (Å²) in [6, 6.07) is 0.0902. The molecule has 0 aromatic heterocycles. The zero-order valence-corrected chi connectivity index (χ0v) is 8.86. The predicted molar refractivity (Wildman–Crippen MR) is 53.1 cm³/mol. The van der Waals surface area contributed by atoms with Crippen LogP contribution in [0.4, 0.5) is 0 Å². The number of hydrogen-bond donors (Lipinski definition) is 2. The Morgan fingerprint density at radius 2 is 2.23 bits per heavy atom. The molecule has 1 unspecified atom stereocenters. The molecule has 1 rings (SSSR count). The third-order valence-electron chi connectivity index (χ3n) is 2.27. The summed E-state index contributed by atoms with van der Waals surface area (Å²) in [5, 5.41) is 3.22. The highest BCUT2D eigenvalue weighted by molar-refractivity contribution is 7.89. The molecule has 1 heterocycles. The molecule has 1 aliphatic rings. The molecule has 0 saturated carbocycles. The first-order valence-electron chi connectivity index (χ1n) is 4.85. The Kier molecular flexibility index (Phi) is 4.15. The maximum Gasteiger partial charge on any atom is 0.211 e. The largest absolute Gasteiger partial charge is 0.315 e. The molecule has 1 aliphatic heterocycles. The first-order valence-corrected chi connectivity index (χ1v) is 6.50. The van der Waals surface area contributed by atoms with E-state index in [9.17, 15) is 8.42 Å². The zero-order valence-electron chi connectivity index (χ0n) is 8.04.